The van der Waals surface area contributed by atoms with Crippen molar-refractivity contribution in [2.24, 2.45) is 0 Å². The van der Waals surface area contributed by atoms with Crippen molar-refractivity contribution < 1.29 is 13.9 Å². The molecule has 0 unspecified atom stereocenters. The number of nitrogens with zero attached hydrogens (tertiary/aromatic N) is 1. The number of aryl methyl sites for hydroxylation is 1. The zero-order chi connectivity index (χ0) is 19.5. The third kappa shape index (κ3) is 4.00. The van der Waals surface area contributed by atoms with Crippen LogP contribution < -0.4 is 10.1 Å². The summed E-state index contributed by atoms with van der Waals surface area (Å²) in [4.78, 5) is 16.6. The topological polar surface area (TPSA) is 64.4 Å². The normalized spacial score (nSPS) is 10.8. The number of carbonyl (C=O) groups excluding carboxylic acids is 1. The predicted molar refractivity (Wildman–Crippen MR) is 110 cm³/mol. The second kappa shape index (κ2) is 7.74. The van der Waals surface area contributed by atoms with Crippen LogP contribution in [0.4, 0.5) is 5.69 Å². The van der Waals surface area contributed by atoms with Crippen LogP contribution in [0.3, 0.4) is 0 Å². The Balaban J connectivity index is 1.39. The highest BCUT2D eigenvalue weighted by atomic mass is 35.5. The van der Waals surface area contributed by atoms with E-state index >= 15 is 0 Å². The predicted octanol–water partition coefficient (Wildman–Crippen LogP) is 5.47. The van der Waals surface area contributed by atoms with Gasteiger partial charge in [-0.2, -0.15) is 0 Å². The average Bonchev–Trinajstić information content (AvgIpc) is 3.12. The molecular weight excluding hydrogens is 376 g/mol. The fraction of sp³-hybridized carbons (Fsp3) is 0.0909. The van der Waals surface area contributed by atoms with E-state index in [4.69, 9.17) is 20.8 Å². The number of hydrogen-bond donors (Lipinski definition) is 1. The van der Waals surface area contributed by atoms with Gasteiger partial charge in [-0.1, -0.05) is 23.7 Å². The van der Waals surface area contributed by atoms with Gasteiger partial charge >= 0.3 is 0 Å². The van der Waals surface area contributed by atoms with Gasteiger partial charge in [-0.15, -0.1) is 0 Å². The van der Waals surface area contributed by atoms with Gasteiger partial charge in [0.05, 0.1) is 0 Å². The van der Waals surface area contributed by atoms with Gasteiger partial charge in [0.15, 0.2) is 12.2 Å². The van der Waals surface area contributed by atoms with E-state index in [1.165, 1.54) is 0 Å². The number of para-hydroxylation sites is 2. The highest BCUT2D eigenvalue weighted by molar-refractivity contribution is 6.30. The number of carbonyl (C=O) groups is 1. The lowest BCUT2D eigenvalue weighted by Crippen LogP contribution is -2.20. The van der Waals surface area contributed by atoms with Gasteiger partial charge in [0.1, 0.15) is 11.3 Å². The maximum absolute atomic E-state index is 12.1. The van der Waals surface area contributed by atoms with E-state index < -0.39 is 0 Å². The molecule has 1 aromatic heterocycles. The van der Waals surface area contributed by atoms with Crippen LogP contribution in [0, 0.1) is 6.92 Å². The smallest absolute Gasteiger partial charge is 0.262 e. The molecule has 140 valence electrons. The van der Waals surface area contributed by atoms with Gasteiger partial charge in [0, 0.05) is 16.3 Å². The second-order valence-electron chi connectivity index (χ2n) is 6.31. The van der Waals surface area contributed by atoms with Gasteiger partial charge in [0.2, 0.25) is 5.89 Å². The van der Waals surface area contributed by atoms with E-state index in [1.54, 1.807) is 30.3 Å². The van der Waals surface area contributed by atoms with Crippen LogP contribution in [0.25, 0.3) is 22.6 Å². The fourth-order valence-electron chi connectivity index (χ4n) is 2.81. The largest absolute Gasteiger partial charge is 0.483 e. The first-order chi connectivity index (χ1) is 13.6. The summed E-state index contributed by atoms with van der Waals surface area (Å²) in [7, 11) is 0. The zero-order valence-electron chi connectivity index (χ0n) is 15.1. The summed E-state index contributed by atoms with van der Waals surface area (Å²) in [5.41, 5.74) is 3.93. The number of ether oxygens (including phenoxy) is 1. The number of fused-ring (bicyclic) bond motifs is 1. The van der Waals surface area contributed by atoms with Crippen molar-refractivity contribution in [1.29, 1.82) is 0 Å². The maximum atomic E-state index is 12.1. The summed E-state index contributed by atoms with van der Waals surface area (Å²) in [5, 5.41) is 3.44. The molecular formula is C22H17ClN2O3. The van der Waals surface area contributed by atoms with Crippen molar-refractivity contribution >= 4 is 34.3 Å². The number of aromatic nitrogens is 1. The number of halogens is 1. The molecule has 0 aliphatic carbocycles. The Bertz CT molecular complexity index is 1100. The van der Waals surface area contributed by atoms with E-state index in [9.17, 15) is 4.79 Å². The maximum Gasteiger partial charge on any atom is 0.262 e. The van der Waals surface area contributed by atoms with Crippen LogP contribution in [0.1, 0.15) is 5.56 Å². The molecule has 0 radical (unpaired) electrons. The molecule has 5 nitrogen and oxygen atoms in total. The van der Waals surface area contributed by atoms with Crippen molar-refractivity contribution in [2.75, 3.05) is 11.9 Å². The first-order valence-corrected chi connectivity index (χ1v) is 9.11. The quantitative estimate of drug-likeness (QED) is 0.488. The molecule has 6 heteroatoms. The average molecular weight is 393 g/mol. The molecule has 28 heavy (non-hydrogen) atoms. The lowest BCUT2D eigenvalue weighted by Gasteiger charge is -2.10. The number of amides is 1. The lowest BCUT2D eigenvalue weighted by molar-refractivity contribution is -0.118. The summed E-state index contributed by atoms with van der Waals surface area (Å²) < 4.78 is 11.3. The molecule has 4 rings (SSSR count). The molecule has 1 N–H and O–H groups in total. The van der Waals surface area contributed by atoms with Crippen molar-refractivity contribution in [3.63, 3.8) is 0 Å². The zero-order valence-corrected chi connectivity index (χ0v) is 15.9. The minimum atomic E-state index is -0.246. The van der Waals surface area contributed by atoms with Crippen molar-refractivity contribution in [2.45, 2.75) is 6.92 Å². The summed E-state index contributed by atoms with van der Waals surface area (Å²) in [6.07, 6.45) is 0. The molecule has 4 aromatic rings. The van der Waals surface area contributed by atoms with Gasteiger partial charge in [-0.3, -0.25) is 4.79 Å². The minimum Gasteiger partial charge on any atom is -0.483 e. The summed E-state index contributed by atoms with van der Waals surface area (Å²) in [5.74, 6) is 0.926. The third-order valence-electron chi connectivity index (χ3n) is 4.21. The van der Waals surface area contributed by atoms with Crippen LogP contribution in [-0.2, 0) is 4.79 Å². The Morgan fingerprint density at radius 3 is 2.64 bits per heavy atom. The molecule has 0 saturated heterocycles. The second-order valence-corrected chi connectivity index (χ2v) is 6.75. The number of nitrogens with one attached hydrogen (secondary N) is 1. The van der Waals surface area contributed by atoms with Crippen LogP contribution in [0.15, 0.2) is 71.1 Å². The van der Waals surface area contributed by atoms with Crippen molar-refractivity contribution in [3.8, 4) is 17.2 Å². The summed E-state index contributed by atoms with van der Waals surface area (Å²) >= 11 is 5.92. The Kier molecular flexibility index (Phi) is 5.00. The molecule has 0 bridgehead atoms. The fourth-order valence-corrected chi connectivity index (χ4v) is 3.03. The van der Waals surface area contributed by atoms with Crippen molar-refractivity contribution in [1.82, 2.24) is 4.98 Å². The van der Waals surface area contributed by atoms with Crippen LogP contribution in [0.5, 0.6) is 5.75 Å². The molecule has 0 atom stereocenters. The molecule has 0 fully saturated rings. The number of rotatable bonds is 5. The van der Waals surface area contributed by atoms with Crippen LogP contribution >= 0.6 is 11.6 Å². The monoisotopic (exact) mass is 392 g/mol. The molecule has 0 spiro atoms. The van der Waals surface area contributed by atoms with E-state index in [1.807, 2.05) is 43.3 Å². The molecule has 3 aromatic carbocycles. The Hall–Kier alpha value is -3.31. The molecule has 1 heterocycles. The van der Waals surface area contributed by atoms with Gasteiger partial charge in [0.25, 0.3) is 5.91 Å². The number of oxazole rings is 1. The minimum absolute atomic E-state index is 0.0879. The molecule has 0 aliphatic rings. The third-order valence-corrected chi connectivity index (χ3v) is 4.44. The number of hydrogen-bond acceptors (Lipinski definition) is 4. The molecule has 0 saturated carbocycles. The first-order valence-electron chi connectivity index (χ1n) is 8.73. The van der Waals surface area contributed by atoms with E-state index in [0.717, 1.165) is 22.2 Å². The van der Waals surface area contributed by atoms with Gasteiger partial charge < -0.3 is 14.5 Å². The highest BCUT2D eigenvalue weighted by Gasteiger charge is 2.09. The lowest BCUT2D eigenvalue weighted by atomic mass is 10.2. The standard InChI is InChI=1S/C22H17ClN2O3/c1-14-12-16(23)8-11-19(14)27-13-21(26)24-17-9-6-15(7-10-17)22-25-18-4-2-3-5-20(18)28-22/h2-12H,13H2,1H3,(H,24,26). The Morgan fingerprint density at radius 1 is 1.11 bits per heavy atom. The van der Waals surface area contributed by atoms with Gasteiger partial charge in [-0.25, -0.2) is 4.98 Å². The van der Waals surface area contributed by atoms with Crippen LogP contribution in [-0.4, -0.2) is 17.5 Å². The Morgan fingerprint density at radius 2 is 1.89 bits per heavy atom. The molecule has 1 amide bonds. The summed E-state index contributed by atoms with van der Waals surface area (Å²) in [6, 6.07) is 20.2. The van der Waals surface area contributed by atoms with Crippen molar-refractivity contribution in [3.05, 3.63) is 77.3 Å². The number of anilines is 1. The Labute approximate surface area is 166 Å². The van der Waals surface area contributed by atoms with E-state index in [-0.39, 0.29) is 12.5 Å². The SMILES string of the molecule is Cc1cc(Cl)ccc1OCC(=O)Nc1ccc(-c2nc3ccccc3o2)cc1. The van der Waals surface area contributed by atoms with Crippen LogP contribution in [0.2, 0.25) is 5.02 Å². The first kappa shape index (κ1) is 18.1. The molecule has 0 aliphatic heterocycles. The van der Waals surface area contributed by atoms with E-state index in [2.05, 4.69) is 10.3 Å². The summed E-state index contributed by atoms with van der Waals surface area (Å²) in [6.45, 7) is 1.79. The number of benzene rings is 3. The van der Waals surface area contributed by atoms with Gasteiger partial charge in [-0.05, 0) is 67.1 Å². The highest BCUT2D eigenvalue weighted by Crippen LogP contribution is 2.25. The van der Waals surface area contributed by atoms with E-state index in [0.29, 0.717) is 22.4 Å².